The van der Waals surface area contributed by atoms with Crippen LogP contribution in [0, 0.1) is 13.8 Å². The van der Waals surface area contributed by atoms with Gasteiger partial charge in [-0.1, -0.05) is 18.2 Å². The molecule has 1 unspecified atom stereocenters. The zero-order valence-corrected chi connectivity index (χ0v) is 18.7. The number of hydrogen-bond acceptors (Lipinski definition) is 4. The number of hydrogen-bond donors (Lipinski definition) is 1. The molecule has 4 aromatic rings. The number of aryl methyl sites for hydroxylation is 4. The Labute approximate surface area is 182 Å². The van der Waals surface area contributed by atoms with E-state index in [-0.39, 0.29) is 11.9 Å². The van der Waals surface area contributed by atoms with Crippen LogP contribution in [0.4, 0.5) is 0 Å². The van der Waals surface area contributed by atoms with Crippen molar-refractivity contribution in [3.63, 3.8) is 0 Å². The first-order chi connectivity index (χ1) is 14.9. The molecule has 0 bridgehead atoms. The Balaban J connectivity index is 1.74. The number of nitrogens with one attached hydrogen (secondary N) is 1. The average molecular weight is 417 g/mol. The van der Waals surface area contributed by atoms with Crippen LogP contribution in [0.25, 0.3) is 22.2 Å². The molecule has 0 aliphatic rings. The van der Waals surface area contributed by atoms with Crippen molar-refractivity contribution in [2.75, 3.05) is 0 Å². The summed E-state index contributed by atoms with van der Waals surface area (Å²) in [4.78, 5) is 18.2. The molecule has 0 aliphatic heterocycles. The molecule has 1 aromatic carbocycles. The minimum absolute atomic E-state index is 0.128. The maximum Gasteiger partial charge on any atom is 0.252 e. The highest BCUT2D eigenvalue weighted by atomic mass is 16.1. The topological polar surface area (TPSA) is 77.6 Å². The van der Waals surface area contributed by atoms with Crippen LogP contribution in [-0.2, 0) is 13.1 Å². The number of carbonyl (C=O) groups is 1. The van der Waals surface area contributed by atoms with Gasteiger partial charge in [0.15, 0.2) is 0 Å². The molecule has 7 heteroatoms. The number of benzene rings is 1. The van der Waals surface area contributed by atoms with Crippen LogP contribution in [0.3, 0.4) is 0 Å². The summed E-state index contributed by atoms with van der Waals surface area (Å²) in [7, 11) is 0. The van der Waals surface area contributed by atoms with Crippen molar-refractivity contribution in [3.8, 4) is 11.3 Å². The fourth-order valence-corrected chi connectivity index (χ4v) is 3.91. The molecule has 3 heterocycles. The van der Waals surface area contributed by atoms with Gasteiger partial charge in [-0.3, -0.25) is 14.2 Å². The van der Waals surface area contributed by atoms with Crippen LogP contribution in [0.2, 0.25) is 0 Å². The number of pyridine rings is 1. The van der Waals surface area contributed by atoms with E-state index in [0.29, 0.717) is 5.56 Å². The van der Waals surface area contributed by atoms with E-state index < -0.39 is 0 Å². The van der Waals surface area contributed by atoms with Gasteiger partial charge in [0.1, 0.15) is 0 Å². The molecular weight excluding hydrogens is 388 g/mol. The molecule has 1 amide bonds. The Morgan fingerprint density at radius 3 is 2.39 bits per heavy atom. The first kappa shape index (κ1) is 20.8. The summed E-state index contributed by atoms with van der Waals surface area (Å²) in [5, 5.41) is 13.0. The summed E-state index contributed by atoms with van der Waals surface area (Å²) in [6, 6.07) is 9.46. The number of carbonyl (C=O) groups excluding carboxylic acids is 1. The zero-order chi connectivity index (χ0) is 22.1. The Kier molecular flexibility index (Phi) is 5.59. The molecular formula is C24H28N6O. The zero-order valence-electron chi connectivity index (χ0n) is 18.7. The van der Waals surface area contributed by atoms with Gasteiger partial charge < -0.3 is 5.32 Å². The maximum absolute atomic E-state index is 13.4. The third kappa shape index (κ3) is 3.95. The fourth-order valence-electron chi connectivity index (χ4n) is 3.91. The molecule has 0 radical (unpaired) electrons. The van der Waals surface area contributed by atoms with Crippen molar-refractivity contribution in [2.45, 2.75) is 53.8 Å². The van der Waals surface area contributed by atoms with Gasteiger partial charge in [0.2, 0.25) is 0 Å². The lowest BCUT2D eigenvalue weighted by Gasteiger charge is -2.15. The van der Waals surface area contributed by atoms with Crippen molar-refractivity contribution in [2.24, 2.45) is 0 Å². The van der Waals surface area contributed by atoms with Gasteiger partial charge in [-0.25, -0.2) is 4.98 Å². The summed E-state index contributed by atoms with van der Waals surface area (Å²) < 4.78 is 3.78. The first-order valence-electron chi connectivity index (χ1n) is 10.7. The fraction of sp³-hybridized carbons (Fsp3) is 0.333. The lowest BCUT2D eigenvalue weighted by atomic mass is 10.0. The molecule has 31 heavy (non-hydrogen) atoms. The lowest BCUT2D eigenvalue weighted by Crippen LogP contribution is -2.27. The molecule has 0 fully saturated rings. The van der Waals surface area contributed by atoms with Crippen molar-refractivity contribution >= 4 is 16.8 Å². The summed E-state index contributed by atoms with van der Waals surface area (Å²) >= 11 is 0. The quantitative estimate of drug-likeness (QED) is 0.504. The third-order valence-electron chi connectivity index (χ3n) is 5.63. The second-order valence-electron chi connectivity index (χ2n) is 7.78. The number of fused-ring (bicyclic) bond motifs is 1. The van der Waals surface area contributed by atoms with Crippen LogP contribution in [0.5, 0.6) is 0 Å². The van der Waals surface area contributed by atoms with E-state index in [9.17, 15) is 4.79 Å². The van der Waals surface area contributed by atoms with Crippen LogP contribution in [-0.4, -0.2) is 30.5 Å². The maximum atomic E-state index is 13.4. The molecule has 0 saturated heterocycles. The van der Waals surface area contributed by atoms with Crippen molar-refractivity contribution < 1.29 is 4.79 Å². The smallest absolute Gasteiger partial charge is 0.252 e. The van der Waals surface area contributed by atoms with Gasteiger partial charge in [0, 0.05) is 42.0 Å². The van der Waals surface area contributed by atoms with Gasteiger partial charge >= 0.3 is 0 Å². The molecule has 7 nitrogen and oxygen atoms in total. The Morgan fingerprint density at radius 1 is 1.03 bits per heavy atom. The number of nitrogens with zero attached hydrogens (tertiary/aromatic N) is 5. The van der Waals surface area contributed by atoms with E-state index in [1.165, 1.54) is 0 Å². The minimum Gasteiger partial charge on any atom is -0.345 e. The summed E-state index contributed by atoms with van der Waals surface area (Å²) in [6.45, 7) is 11.6. The Bertz CT molecular complexity index is 1250. The van der Waals surface area contributed by atoms with Gasteiger partial charge in [0.05, 0.1) is 34.2 Å². The van der Waals surface area contributed by atoms with Crippen molar-refractivity contribution in [3.05, 3.63) is 65.2 Å². The Hall–Kier alpha value is -3.48. The highest BCUT2D eigenvalue weighted by molar-refractivity contribution is 6.07. The molecule has 4 rings (SSSR count). The van der Waals surface area contributed by atoms with E-state index >= 15 is 0 Å². The summed E-state index contributed by atoms with van der Waals surface area (Å²) in [6.07, 6.45) is 3.98. The highest BCUT2D eigenvalue weighted by Gasteiger charge is 2.20. The predicted octanol–water partition coefficient (Wildman–Crippen LogP) is 4.44. The predicted molar refractivity (Wildman–Crippen MR) is 122 cm³/mol. The second-order valence-corrected chi connectivity index (χ2v) is 7.78. The number of para-hydroxylation sites is 1. The normalized spacial score (nSPS) is 12.3. The molecule has 1 N–H and O–H groups in total. The number of amides is 1. The van der Waals surface area contributed by atoms with Gasteiger partial charge in [-0.2, -0.15) is 10.2 Å². The number of aromatic nitrogens is 5. The summed E-state index contributed by atoms with van der Waals surface area (Å²) in [5.41, 5.74) is 5.94. The first-order valence-corrected chi connectivity index (χ1v) is 10.7. The van der Waals surface area contributed by atoms with Gasteiger partial charge in [-0.15, -0.1) is 0 Å². The minimum atomic E-state index is -0.159. The van der Waals surface area contributed by atoms with Crippen LogP contribution < -0.4 is 5.32 Å². The average Bonchev–Trinajstić information content (AvgIpc) is 3.34. The van der Waals surface area contributed by atoms with Crippen molar-refractivity contribution in [1.29, 1.82) is 0 Å². The molecule has 0 saturated carbocycles. The third-order valence-corrected chi connectivity index (χ3v) is 5.63. The molecule has 160 valence electrons. The molecule has 3 aromatic heterocycles. The second kappa shape index (κ2) is 8.34. The molecule has 0 aliphatic carbocycles. The molecule has 1 atom stereocenters. The van der Waals surface area contributed by atoms with Gasteiger partial charge in [0.25, 0.3) is 5.91 Å². The summed E-state index contributed by atoms with van der Waals surface area (Å²) in [5.74, 6) is -0.128. The highest BCUT2D eigenvalue weighted by Crippen LogP contribution is 2.27. The van der Waals surface area contributed by atoms with Crippen LogP contribution in [0.1, 0.15) is 54.1 Å². The van der Waals surface area contributed by atoms with Gasteiger partial charge in [-0.05, 0) is 46.8 Å². The van der Waals surface area contributed by atoms with E-state index in [4.69, 9.17) is 4.98 Å². The number of rotatable bonds is 6. The SMILES string of the molecule is CCn1cc(-c2cc(C(=O)NC(C)c3cn(CC)nc3C)c3ccccc3n2)c(C)n1. The largest absolute Gasteiger partial charge is 0.345 e. The molecule has 0 spiro atoms. The monoisotopic (exact) mass is 416 g/mol. The lowest BCUT2D eigenvalue weighted by molar-refractivity contribution is 0.0941. The van der Waals surface area contributed by atoms with Crippen molar-refractivity contribution in [1.82, 2.24) is 29.9 Å². The van der Waals surface area contributed by atoms with E-state index in [2.05, 4.69) is 15.5 Å². The van der Waals surface area contributed by atoms with E-state index in [0.717, 1.165) is 52.2 Å². The van der Waals surface area contributed by atoms with Crippen LogP contribution >= 0.6 is 0 Å². The van der Waals surface area contributed by atoms with Crippen LogP contribution in [0.15, 0.2) is 42.7 Å². The Morgan fingerprint density at radius 2 is 1.71 bits per heavy atom. The van der Waals surface area contributed by atoms with E-state index in [1.54, 1.807) is 0 Å². The standard InChI is InChI=1S/C24H28N6O/c1-6-29-13-20(16(4)27-29)15(3)25-24(31)19-12-23(21-14-30(7-2)28-17(21)5)26-22-11-9-8-10-18(19)22/h8-15H,6-7H2,1-5H3,(H,25,31). The van der Waals surface area contributed by atoms with E-state index in [1.807, 2.05) is 86.7 Å².